The van der Waals surface area contributed by atoms with Gasteiger partial charge in [0.15, 0.2) is 0 Å². The van der Waals surface area contributed by atoms with Crippen LogP contribution in [-0.2, 0) is 13.9 Å². The Morgan fingerprint density at radius 3 is 2.62 bits per heavy atom. The zero-order valence-corrected chi connectivity index (χ0v) is 15.4. The highest BCUT2D eigenvalue weighted by Crippen LogP contribution is 2.53. The van der Waals surface area contributed by atoms with Gasteiger partial charge < -0.3 is 14.4 Å². The van der Waals surface area contributed by atoms with Crippen molar-refractivity contribution in [3.8, 4) is 5.75 Å². The second-order valence-electron chi connectivity index (χ2n) is 6.47. The molecule has 0 saturated carbocycles. The first-order valence-corrected chi connectivity index (χ1v) is 9.82. The van der Waals surface area contributed by atoms with Crippen molar-refractivity contribution >= 4 is 18.8 Å². The normalized spacial score (nSPS) is 25.4. The molecule has 0 bridgehead atoms. The van der Waals surface area contributed by atoms with Gasteiger partial charge in [-0.25, -0.2) is 4.67 Å². The molecule has 134 valence electrons. The Morgan fingerprint density at radius 1 is 1.42 bits per heavy atom. The van der Waals surface area contributed by atoms with Crippen molar-refractivity contribution in [1.82, 2.24) is 4.67 Å². The van der Waals surface area contributed by atoms with Gasteiger partial charge in [0.05, 0.1) is 19.0 Å². The first-order valence-electron chi connectivity index (χ1n) is 8.25. The van der Waals surface area contributed by atoms with Crippen LogP contribution in [0.15, 0.2) is 24.3 Å². The Morgan fingerprint density at radius 2 is 2.08 bits per heavy atom. The van der Waals surface area contributed by atoms with Crippen molar-refractivity contribution in [2.24, 2.45) is 5.92 Å². The van der Waals surface area contributed by atoms with Crippen molar-refractivity contribution in [2.75, 3.05) is 20.3 Å². The lowest BCUT2D eigenvalue weighted by molar-refractivity contribution is -0.137. The molecule has 0 spiro atoms. The van der Waals surface area contributed by atoms with Crippen LogP contribution in [0.1, 0.15) is 33.1 Å². The van der Waals surface area contributed by atoms with Crippen molar-refractivity contribution in [2.45, 2.75) is 39.2 Å². The zero-order valence-electron chi connectivity index (χ0n) is 14.5. The molecule has 1 heterocycles. The van der Waals surface area contributed by atoms with Crippen LogP contribution in [0.25, 0.3) is 0 Å². The van der Waals surface area contributed by atoms with E-state index in [-0.39, 0.29) is 12.6 Å². The molecule has 1 fully saturated rings. The fourth-order valence-electron chi connectivity index (χ4n) is 3.08. The van der Waals surface area contributed by atoms with Crippen LogP contribution in [0.5, 0.6) is 5.75 Å². The molecule has 1 saturated heterocycles. The van der Waals surface area contributed by atoms with E-state index in [9.17, 15) is 14.5 Å². The molecule has 6 nitrogen and oxygen atoms in total. The topological polar surface area (TPSA) is 76.1 Å². The molecule has 0 amide bonds. The molecule has 1 aliphatic rings. The minimum absolute atomic E-state index is 0.0727. The summed E-state index contributed by atoms with van der Waals surface area (Å²) in [5, 5.41) is 9.85. The third-order valence-corrected chi connectivity index (χ3v) is 6.77. The summed E-state index contributed by atoms with van der Waals surface area (Å²) in [5.74, 6) is 0.0420. The summed E-state index contributed by atoms with van der Waals surface area (Å²) < 4.78 is 26.2. The minimum Gasteiger partial charge on any atom is -0.497 e. The number of hydrogen-bond acceptors (Lipinski definition) is 4. The third-order valence-electron chi connectivity index (χ3n) is 4.15. The first-order chi connectivity index (χ1) is 11.4. The van der Waals surface area contributed by atoms with Crippen LogP contribution < -0.4 is 10.0 Å². The number of ether oxygens (including phenoxy) is 1. The highest BCUT2D eigenvalue weighted by Gasteiger charge is 2.41. The van der Waals surface area contributed by atoms with Gasteiger partial charge in [-0.1, -0.05) is 13.8 Å². The summed E-state index contributed by atoms with van der Waals surface area (Å²) >= 11 is 0. The van der Waals surface area contributed by atoms with Crippen LogP contribution >= 0.6 is 7.52 Å². The molecule has 1 N–H and O–H groups in total. The molecule has 24 heavy (non-hydrogen) atoms. The number of hydrogen-bond donors (Lipinski definition) is 1. The number of benzene rings is 1. The molecule has 2 atom stereocenters. The van der Waals surface area contributed by atoms with Crippen molar-refractivity contribution in [3.63, 3.8) is 0 Å². The number of carbonyl (C=O) groups is 1. The number of methoxy groups -OCH3 is 1. The lowest BCUT2D eigenvalue weighted by Crippen LogP contribution is -2.39. The molecule has 7 heteroatoms. The van der Waals surface area contributed by atoms with Crippen molar-refractivity contribution in [3.05, 3.63) is 24.3 Å². The smallest absolute Gasteiger partial charge is 0.318 e. The number of carboxylic acids is 1. The molecule has 1 aromatic carbocycles. The highest BCUT2D eigenvalue weighted by atomic mass is 31.2. The van der Waals surface area contributed by atoms with E-state index in [1.54, 1.807) is 36.0 Å². The lowest BCUT2D eigenvalue weighted by atomic mass is 10.00. The van der Waals surface area contributed by atoms with Crippen molar-refractivity contribution in [1.29, 1.82) is 0 Å². The number of carboxylic acid groups (broad SMARTS) is 1. The van der Waals surface area contributed by atoms with E-state index in [2.05, 4.69) is 13.8 Å². The summed E-state index contributed by atoms with van der Waals surface area (Å²) in [4.78, 5) is 11.4. The predicted octanol–water partition coefficient (Wildman–Crippen LogP) is 3.13. The molecule has 0 aliphatic carbocycles. The summed E-state index contributed by atoms with van der Waals surface area (Å²) in [6, 6.07) is 6.77. The van der Waals surface area contributed by atoms with Gasteiger partial charge in [-0.3, -0.25) is 9.36 Å². The molecule has 2 unspecified atom stereocenters. The second kappa shape index (κ2) is 8.15. The van der Waals surface area contributed by atoms with E-state index in [4.69, 9.17) is 9.26 Å². The average Bonchev–Trinajstić information content (AvgIpc) is 2.68. The number of aliphatic carboxylic acids is 1. The summed E-state index contributed by atoms with van der Waals surface area (Å²) in [6.45, 7) is 4.25. The molecule has 1 aromatic rings. The van der Waals surface area contributed by atoms with Gasteiger partial charge in [-0.2, -0.15) is 0 Å². The Bertz CT molecular complexity index is 602. The predicted molar refractivity (Wildman–Crippen MR) is 93.0 cm³/mol. The fourth-order valence-corrected chi connectivity index (χ4v) is 5.53. The van der Waals surface area contributed by atoms with E-state index in [0.717, 1.165) is 19.3 Å². The highest BCUT2D eigenvalue weighted by molar-refractivity contribution is 7.64. The summed E-state index contributed by atoms with van der Waals surface area (Å²) in [5.41, 5.74) is 0. The fraction of sp³-hybridized carbons (Fsp3) is 0.588. The quantitative estimate of drug-likeness (QED) is 0.790. The van der Waals surface area contributed by atoms with Gasteiger partial charge in [0.25, 0.3) is 0 Å². The van der Waals surface area contributed by atoms with E-state index < -0.39 is 13.5 Å². The lowest BCUT2D eigenvalue weighted by Gasteiger charge is -2.34. The van der Waals surface area contributed by atoms with E-state index in [1.165, 1.54) is 0 Å². The van der Waals surface area contributed by atoms with Crippen LogP contribution in [0.3, 0.4) is 0 Å². The standard InChI is InChI=1S/C17H26NO5P/c1-13(2)11-14-5-4-10-23-24(21,18(14)12-17(19)20)16-8-6-15(22-3)7-9-16/h6-9,13-14H,4-5,10-12H2,1-3H3,(H,19,20). The maximum absolute atomic E-state index is 13.7. The van der Waals surface area contributed by atoms with Crippen LogP contribution in [0.4, 0.5) is 0 Å². The monoisotopic (exact) mass is 355 g/mol. The Balaban J connectivity index is 2.43. The van der Waals surface area contributed by atoms with Gasteiger partial charge in [0.1, 0.15) is 12.3 Å². The third kappa shape index (κ3) is 4.38. The van der Waals surface area contributed by atoms with Gasteiger partial charge in [0, 0.05) is 6.04 Å². The second-order valence-corrected chi connectivity index (χ2v) is 8.80. The molecular weight excluding hydrogens is 329 g/mol. The Kier molecular flexibility index (Phi) is 6.44. The number of nitrogens with zero attached hydrogens (tertiary/aromatic N) is 1. The Hall–Kier alpha value is -1.36. The molecule has 2 rings (SSSR count). The Labute approximate surface area is 143 Å². The van der Waals surface area contributed by atoms with Crippen LogP contribution in [0.2, 0.25) is 0 Å². The molecule has 0 aromatic heterocycles. The zero-order chi connectivity index (χ0) is 17.7. The SMILES string of the molecule is COc1ccc(P2(=O)OCCCC(CC(C)C)N2CC(=O)O)cc1. The maximum atomic E-state index is 13.7. The van der Waals surface area contributed by atoms with Gasteiger partial charge in [0.2, 0.25) is 0 Å². The summed E-state index contributed by atoms with van der Waals surface area (Å²) in [7, 11) is -1.85. The van der Waals surface area contributed by atoms with Crippen LogP contribution in [0, 0.1) is 5.92 Å². The summed E-state index contributed by atoms with van der Waals surface area (Å²) in [6.07, 6.45) is 2.34. The van der Waals surface area contributed by atoms with E-state index >= 15 is 0 Å². The molecular formula is C17H26NO5P. The average molecular weight is 355 g/mol. The van der Waals surface area contributed by atoms with Crippen LogP contribution in [-0.4, -0.2) is 42.0 Å². The molecule has 1 aliphatic heterocycles. The van der Waals surface area contributed by atoms with Crippen molar-refractivity contribution < 1.29 is 23.7 Å². The minimum atomic E-state index is -3.42. The first kappa shape index (κ1) is 19.0. The number of rotatable bonds is 6. The van der Waals surface area contributed by atoms with E-state index in [1.807, 2.05) is 0 Å². The van der Waals surface area contributed by atoms with E-state index in [0.29, 0.717) is 23.6 Å². The van der Waals surface area contributed by atoms with Gasteiger partial charge in [-0.05, 0) is 49.4 Å². The maximum Gasteiger partial charge on any atom is 0.318 e. The largest absolute Gasteiger partial charge is 0.497 e. The van der Waals surface area contributed by atoms with Gasteiger partial charge in [-0.15, -0.1) is 0 Å². The van der Waals surface area contributed by atoms with Gasteiger partial charge >= 0.3 is 13.5 Å². The molecule has 0 radical (unpaired) electrons.